The molecule has 5 atom stereocenters. The third-order valence-electron chi connectivity index (χ3n) is 10.8. The molecule has 0 unspecified atom stereocenters. The molecule has 15 nitrogen and oxygen atoms in total. The van der Waals surface area contributed by atoms with Crippen LogP contribution in [0.15, 0.2) is 172 Å². The molecule has 1 aromatic heterocycles. The van der Waals surface area contributed by atoms with E-state index in [2.05, 4.69) is 6.08 Å². The fraction of sp³-hybridized carbons (Fsp3) is 0.236. The highest BCUT2D eigenvalue weighted by Gasteiger charge is 2.54. The summed E-state index contributed by atoms with van der Waals surface area (Å²) in [5.41, 5.74) is 1.66. The lowest BCUT2D eigenvalue weighted by Gasteiger charge is -2.44. The van der Waals surface area contributed by atoms with E-state index in [9.17, 15) is 28.8 Å². The molecular weight excluding hydrogens is 901 g/mol. The van der Waals surface area contributed by atoms with Crippen molar-refractivity contribution in [3.8, 4) is 17.2 Å². The van der Waals surface area contributed by atoms with Gasteiger partial charge in [0.25, 0.3) is 5.75 Å². The molecule has 1 saturated heterocycles. The van der Waals surface area contributed by atoms with Crippen molar-refractivity contribution in [2.24, 2.45) is 0 Å². The number of carbonyl (C=O) groups excluding carboxylic acids is 5. The zero-order chi connectivity index (χ0) is 49.6. The highest BCUT2D eigenvalue weighted by molar-refractivity contribution is 5.92. The predicted molar refractivity (Wildman–Crippen MR) is 255 cm³/mol. The van der Waals surface area contributed by atoms with Crippen molar-refractivity contribution < 1.29 is 66.3 Å². The Balaban J connectivity index is 1.30. The van der Waals surface area contributed by atoms with E-state index in [1.54, 1.807) is 84.9 Å². The number of hydrogen-bond acceptors (Lipinski definition) is 15. The fourth-order valence-corrected chi connectivity index (χ4v) is 7.30. The van der Waals surface area contributed by atoms with Gasteiger partial charge in [-0.3, -0.25) is 4.79 Å². The molecule has 0 bridgehead atoms. The molecule has 70 heavy (non-hydrogen) atoms. The van der Waals surface area contributed by atoms with Gasteiger partial charge in [0.05, 0.1) is 27.6 Å². The lowest BCUT2D eigenvalue weighted by atomic mass is 9.97. The van der Waals surface area contributed by atoms with Crippen LogP contribution in [0, 0.1) is 0 Å². The third kappa shape index (κ3) is 13.0. The Morgan fingerprint density at radius 3 is 1.63 bits per heavy atom. The second kappa shape index (κ2) is 23.6. The molecule has 0 aliphatic carbocycles. The SMILES string of the molecule is CC(=O)Oc1c(OCC=C(C)CCC=C(C)C)c2ccc(O[C@@H]3O[C@H](COC(=O)c4ccccc4)[C@@H](OC(=O)c4ccccc4)[C@H](OC(=O)c4ccccc4)[C@H]3OC(=O)c3ccccc3)cc2oc1=O. The van der Waals surface area contributed by atoms with Gasteiger partial charge < -0.3 is 42.3 Å². The highest BCUT2D eigenvalue weighted by Crippen LogP contribution is 2.37. The first kappa shape index (κ1) is 49.6. The van der Waals surface area contributed by atoms with Crippen molar-refractivity contribution in [2.45, 2.75) is 71.2 Å². The fourth-order valence-electron chi connectivity index (χ4n) is 7.30. The third-order valence-corrected chi connectivity index (χ3v) is 10.8. The van der Waals surface area contributed by atoms with Gasteiger partial charge in [0.1, 0.15) is 30.7 Å². The molecule has 6 aromatic rings. The monoisotopic (exact) mass is 950 g/mol. The van der Waals surface area contributed by atoms with E-state index in [1.165, 1.54) is 60.2 Å². The first-order valence-electron chi connectivity index (χ1n) is 22.4. The lowest BCUT2D eigenvalue weighted by molar-refractivity contribution is -0.275. The van der Waals surface area contributed by atoms with Crippen LogP contribution < -0.4 is 19.8 Å². The van der Waals surface area contributed by atoms with Crippen LogP contribution in [0.3, 0.4) is 0 Å². The molecular formula is C55H50O15. The Morgan fingerprint density at radius 1 is 0.586 bits per heavy atom. The molecule has 0 N–H and O–H groups in total. The summed E-state index contributed by atoms with van der Waals surface area (Å²) in [5, 5.41) is 0.226. The van der Waals surface area contributed by atoms with Crippen molar-refractivity contribution in [3.63, 3.8) is 0 Å². The standard InChI is InChI=1S/C55H50O15/c1-34(2)18-17-19-35(3)30-31-62-45-42-29-28-41(32-43(42)66-54(61)48(45)64-36(4)56)65-55-49(70-53(60)40-26-15-8-16-27-40)47(69-52(59)39-24-13-7-14-25-39)46(68-51(58)38-22-11-6-12-23-38)44(67-55)33-63-50(57)37-20-9-5-10-21-37/h5-16,18,20-30,32,44,46-47,49,55H,17,19,31,33H2,1-4H3/t44-,46-,47+,49-,55-/m1/s1. The summed E-state index contributed by atoms with van der Waals surface area (Å²) >= 11 is 0. The lowest BCUT2D eigenvalue weighted by Crippen LogP contribution is -2.63. The number of esters is 5. The summed E-state index contributed by atoms with van der Waals surface area (Å²) in [4.78, 5) is 81.0. The number of fused-ring (bicyclic) bond motifs is 1. The van der Waals surface area contributed by atoms with Crippen LogP contribution in [-0.4, -0.2) is 73.8 Å². The van der Waals surface area contributed by atoms with Gasteiger partial charge in [-0.15, -0.1) is 0 Å². The minimum Gasteiger partial charge on any atom is -0.485 e. The van der Waals surface area contributed by atoms with Gasteiger partial charge in [0.2, 0.25) is 12.4 Å². The molecule has 5 aromatic carbocycles. The van der Waals surface area contributed by atoms with Gasteiger partial charge in [-0.2, -0.15) is 0 Å². The molecule has 7 rings (SSSR count). The van der Waals surface area contributed by atoms with Crippen molar-refractivity contribution in [3.05, 3.63) is 195 Å². The summed E-state index contributed by atoms with van der Waals surface area (Å²) in [7, 11) is 0. The van der Waals surface area contributed by atoms with E-state index in [0.29, 0.717) is 0 Å². The summed E-state index contributed by atoms with van der Waals surface area (Å²) in [6, 6.07) is 36.2. The van der Waals surface area contributed by atoms with Gasteiger partial charge in [0.15, 0.2) is 18.0 Å². The summed E-state index contributed by atoms with van der Waals surface area (Å²) in [6.07, 6.45) is -2.62. The van der Waals surface area contributed by atoms with Crippen molar-refractivity contribution in [1.29, 1.82) is 0 Å². The van der Waals surface area contributed by atoms with Crippen LogP contribution in [0.1, 0.15) is 82.0 Å². The van der Waals surface area contributed by atoms with Crippen molar-refractivity contribution in [1.82, 2.24) is 0 Å². The first-order valence-corrected chi connectivity index (χ1v) is 22.4. The minimum absolute atomic E-state index is 0.0193. The number of benzene rings is 5. The number of rotatable bonds is 18. The Morgan fingerprint density at radius 2 is 1.10 bits per heavy atom. The average molecular weight is 951 g/mol. The Hall–Kier alpha value is -8.30. The van der Waals surface area contributed by atoms with E-state index in [-0.39, 0.29) is 51.3 Å². The predicted octanol–water partition coefficient (Wildman–Crippen LogP) is 9.43. The number of allylic oxidation sites excluding steroid dienone is 3. The van der Waals surface area contributed by atoms with E-state index in [4.69, 9.17) is 42.3 Å². The first-order chi connectivity index (χ1) is 33.8. The normalized spacial score (nSPS) is 17.6. The Kier molecular flexibility index (Phi) is 16.7. The van der Waals surface area contributed by atoms with Crippen LogP contribution in [-0.2, 0) is 28.5 Å². The molecule has 0 spiro atoms. The van der Waals surface area contributed by atoms with E-state index in [1.807, 2.05) is 26.8 Å². The van der Waals surface area contributed by atoms with Crippen molar-refractivity contribution >= 4 is 40.8 Å². The average Bonchev–Trinajstić information content (AvgIpc) is 3.36. The largest absolute Gasteiger partial charge is 0.485 e. The molecule has 0 radical (unpaired) electrons. The second-order valence-electron chi connectivity index (χ2n) is 16.3. The summed E-state index contributed by atoms with van der Waals surface area (Å²) in [5.74, 6) is -4.75. The van der Waals surface area contributed by atoms with Crippen LogP contribution >= 0.6 is 0 Å². The molecule has 2 heterocycles. The Bertz CT molecular complexity index is 2910. The van der Waals surface area contributed by atoms with Gasteiger partial charge in [-0.05, 0) is 100 Å². The zero-order valence-corrected chi connectivity index (χ0v) is 38.8. The maximum absolute atomic E-state index is 14.1. The van der Waals surface area contributed by atoms with Crippen LogP contribution in [0.5, 0.6) is 17.2 Å². The smallest absolute Gasteiger partial charge is 0.383 e. The van der Waals surface area contributed by atoms with Crippen LogP contribution in [0.4, 0.5) is 0 Å². The summed E-state index contributed by atoms with van der Waals surface area (Å²) in [6.45, 7) is 6.56. The van der Waals surface area contributed by atoms with E-state index >= 15 is 0 Å². The topological polar surface area (TPSA) is 189 Å². The van der Waals surface area contributed by atoms with E-state index in [0.717, 1.165) is 25.3 Å². The van der Waals surface area contributed by atoms with Crippen LogP contribution in [0.2, 0.25) is 0 Å². The minimum atomic E-state index is -1.71. The molecule has 1 aliphatic heterocycles. The quantitative estimate of drug-likeness (QED) is 0.0343. The van der Waals surface area contributed by atoms with Gasteiger partial charge >= 0.3 is 35.5 Å². The molecule has 15 heteroatoms. The Labute approximate surface area is 403 Å². The molecule has 360 valence electrons. The maximum Gasteiger partial charge on any atom is 0.383 e. The number of carbonyl (C=O) groups is 5. The molecule has 0 amide bonds. The van der Waals surface area contributed by atoms with Gasteiger partial charge in [-0.25, -0.2) is 24.0 Å². The van der Waals surface area contributed by atoms with Crippen LogP contribution in [0.25, 0.3) is 11.0 Å². The summed E-state index contributed by atoms with van der Waals surface area (Å²) < 4.78 is 54.1. The second-order valence-corrected chi connectivity index (χ2v) is 16.3. The molecule has 1 fully saturated rings. The highest BCUT2D eigenvalue weighted by atomic mass is 16.7. The van der Waals surface area contributed by atoms with Gasteiger partial charge in [-0.1, -0.05) is 90.0 Å². The maximum atomic E-state index is 14.1. The van der Waals surface area contributed by atoms with E-state index < -0.39 is 78.5 Å². The van der Waals surface area contributed by atoms with Gasteiger partial charge in [0, 0.05) is 13.0 Å². The van der Waals surface area contributed by atoms with Crippen molar-refractivity contribution in [2.75, 3.05) is 13.2 Å². The zero-order valence-electron chi connectivity index (χ0n) is 38.8. The number of hydrogen-bond donors (Lipinski definition) is 0. The molecule has 0 saturated carbocycles. The molecule has 1 aliphatic rings. The number of ether oxygens (including phenoxy) is 8.